The first kappa shape index (κ1) is 15.9. The number of benzene rings is 1. The largest absolute Gasteiger partial charge is 0.485 e. The molecule has 3 nitrogen and oxygen atoms in total. The van der Waals surface area contributed by atoms with Crippen molar-refractivity contribution in [1.29, 1.82) is 0 Å². The molecule has 0 aliphatic carbocycles. The van der Waals surface area contributed by atoms with Gasteiger partial charge in [0.25, 0.3) is 0 Å². The molecule has 2 N–H and O–H groups in total. The van der Waals surface area contributed by atoms with Crippen molar-refractivity contribution >= 4 is 0 Å². The van der Waals surface area contributed by atoms with Gasteiger partial charge in [0.05, 0.1) is 5.60 Å². The van der Waals surface area contributed by atoms with E-state index in [4.69, 9.17) is 4.74 Å². The topological polar surface area (TPSA) is 41.5 Å². The van der Waals surface area contributed by atoms with Gasteiger partial charge in [-0.2, -0.15) is 0 Å². The molecule has 108 valence electrons. The van der Waals surface area contributed by atoms with Crippen molar-refractivity contribution in [2.75, 3.05) is 13.7 Å². The second-order valence-electron chi connectivity index (χ2n) is 5.22. The van der Waals surface area contributed by atoms with Crippen LogP contribution in [0.15, 0.2) is 12.1 Å². The summed E-state index contributed by atoms with van der Waals surface area (Å²) in [5, 5.41) is 12.8. The molecule has 0 aromatic heterocycles. The van der Waals surface area contributed by atoms with Gasteiger partial charge in [-0.1, -0.05) is 13.8 Å². The first-order valence-corrected chi connectivity index (χ1v) is 6.25. The SMILES string of the molecule is CNCc1cc(F)c(OCC(C)(O)C(C)C)c(F)c1. The summed E-state index contributed by atoms with van der Waals surface area (Å²) in [7, 11) is 1.69. The Morgan fingerprint density at radius 2 is 1.84 bits per heavy atom. The van der Waals surface area contributed by atoms with E-state index in [0.29, 0.717) is 12.1 Å². The molecule has 0 fully saturated rings. The molecule has 0 spiro atoms. The number of ether oxygens (including phenoxy) is 1. The molecule has 5 heteroatoms. The van der Waals surface area contributed by atoms with E-state index >= 15 is 0 Å². The van der Waals surface area contributed by atoms with E-state index in [1.165, 1.54) is 12.1 Å². The Kier molecular flexibility index (Phi) is 5.26. The lowest BCUT2D eigenvalue weighted by Gasteiger charge is -2.27. The van der Waals surface area contributed by atoms with Crippen LogP contribution in [0.1, 0.15) is 26.3 Å². The molecule has 1 rings (SSSR count). The normalized spacial score (nSPS) is 14.5. The Morgan fingerprint density at radius 3 is 2.26 bits per heavy atom. The summed E-state index contributed by atoms with van der Waals surface area (Å²) in [5.74, 6) is -2.04. The van der Waals surface area contributed by atoms with Crippen molar-refractivity contribution in [3.63, 3.8) is 0 Å². The Bertz CT molecular complexity index is 410. The highest BCUT2D eigenvalue weighted by Crippen LogP contribution is 2.25. The number of aliphatic hydroxyl groups is 1. The van der Waals surface area contributed by atoms with Gasteiger partial charge in [-0.15, -0.1) is 0 Å². The number of hydrogen-bond donors (Lipinski definition) is 2. The highest BCUT2D eigenvalue weighted by Gasteiger charge is 2.27. The zero-order chi connectivity index (χ0) is 14.6. The summed E-state index contributed by atoms with van der Waals surface area (Å²) in [6.45, 7) is 5.41. The molecule has 19 heavy (non-hydrogen) atoms. The molecule has 0 bridgehead atoms. The molecule has 1 atom stereocenters. The quantitative estimate of drug-likeness (QED) is 0.836. The summed E-state index contributed by atoms with van der Waals surface area (Å²) in [6.07, 6.45) is 0. The molecule has 0 saturated heterocycles. The third-order valence-corrected chi connectivity index (χ3v) is 3.19. The van der Waals surface area contributed by atoms with Crippen LogP contribution in [0.5, 0.6) is 5.75 Å². The van der Waals surface area contributed by atoms with Crippen LogP contribution in [0.3, 0.4) is 0 Å². The standard InChI is InChI=1S/C14H21F2NO2/c1-9(2)14(3,18)8-19-13-11(15)5-10(7-17-4)6-12(13)16/h5-6,9,17-18H,7-8H2,1-4H3. The molecule has 0 heterocycles. The Morgan fingerprint density at radius 1 is 1.32 bits per heavy atom. The van der Waals surface area contributed by atoms with E-state index in [9.17, 15) is 13.9 Å². The first-order chi connectivity index (χ1) is 8.77. The summed E-state index contributed by atoms with van der Waals surface area (Å²) < 4.78 is 32.6. The molecular weight excluding hydrogens is 252 g/mol. The lowest BCUT2D eigenvalue weighted by Crippen LogP contribution is -2.38. The van der Waals surface area contributed by atoms with Crippen LogP contribution >= 0.6 is 0 Å². The third-order valence-electron chi connectivity index (χ3n) is 3.19. The molecule has 0 amide bonds. The van der Waals surface area contributed by atoms with Crippen LogP contribution in [0, 0.1) is 17.6 Å². The lowest BCUT2D eigenvalue weighted by atomic mass is 9.94. The van der Waals surface area contributed by atoms with Crippen LogP contribution in [-0.2, 0) is 6.54 Å². The van der Waals surface area contributed by atoms with Gasteiger partial charge in [0.1, 0.15) is 6.61 Å². The van der Waals surface area contributed by atoms with Crippen molar-refractivity contribution in [3.8, 4) is 5.75 Å². The summed E-state index contributed by atoms with van der Waals surface area (Å²) in [6, 6.07) is 2.44. The van der Waals surface area contributed by atoms with Gasteiger partial charge in [-0.05, 0) is 37.6 Å². The maximum Gasteiger partial charge on any atom is 0.190 e. The monoisotopic (exact) mass is 273 g/mol. The van der Waals surface area contributed by atoms with Crippen molar-refractivity contribution in [2.24, 2.45) is 5.92 Å². The molecule has 0 aliphatic heterocycles. The Hall–Kier alpha value is -1.20. The molecular formula is C14H21F2NO2. The average Bonchev–Trinajstić information content (AvgIpc) is 2.27. The van der Waals surface area contributed by atoms with Gasteiger partial charge < -0.3 is 15.2 Å². The number of halogens is 2. The maximum absolute atomic E-state index is 13.7. The predicted octanol–water partition coefficient (Wildman–Crippen LogP) is 2.47. The average molecular weight is 273 g/mol. The fraction of sp³-hybridized carbons (Fsp3) is 0.571. The van der Waals surface area contributed by atoms with Gasteiger partial charge in [-0.25, -0.2) is 8.78 Å². The van der Waals surface area contributed by atoms with Gasteiger partial charge in [-0.3, -0.25) is 0 Å². The smallest absolute Gasteiger partial charge is 0.190 e. The molecule has 0 saturated carbocycles. The van der Waals surface area contributed by atoms with Crippen molar-refractivity contribution in [2.45, 2.75) is 32.9 Å². The highest BCUT2D eigenvalue weighted by molar-refractivity contribution is 5.31. The fourth-order valence-electron chi connectivity index (χ4n) is 1.44. The van der Waals surface area contributed by atoms with Crippen molar-refractivity contribution in [3.05, 3.63) is 29.3 Å². The Labute approximate surface area is 112 Å². The van der Waals surface area contributed by atoms with Crippen LogP contribution in [0.4, 0.5) is 8.78 Å². The Balaban J connectivity index is 2.85. The number of rotatable bonds is 6. The van der Waals surface area contributed by atoms with E-state index in [1.807, 2.05) is 13.8 Å². The van der Waals surface area contributed by atoms with E-state index in [2.05, 4.69) is 5.32 Å². The van der Waals surface area contributed by atoms with E-state index < -0.39 is 23.0 Å². The number of nitrogens with one attached hydrogen (secondary N) is 1. The van der Waals surface area contributed by atoms with Crippen molar-refractivity contribution in [1.82, 2.24) is 5.32 Å². The van der Waals surface area contributed by atoms with Crippen LogP contribution in [0.25, 0.3) is 0 Å². The zero-order valence-electron chi connectivity index (χ0n) is 11.8. The molecule has 1 aromatic rings. The molecule has 1 unspecified atom stereocenters. The maximum atomic E-state index is 13.7. The minimum Gasteiger partial charge on any atom is -0.485 e. The second kappa shape index (κ2) is 6.30. The van der Waals surface area contributed by atoms with Gasteiger partial charge in [0.15, 0.2) is 17.4 Å². The molecule has 0 aliphatic rings. The first-order valence-electron chi connectivity index (χ1n) is 6.25. The highest BCUT2D eigenvalue weighted by atomic mass is 19.1. The van der Waals surface area contributed by atoms with Crippen molar-refractivity contribution < 1.29 is 18.6 Å². The van der Waals surface area contributed by atoms with Gasteiger partial charge in [0, 0.05) is 6.54 Å². The van der Waals surface area contributed by atoms with E-state index in [-0.39, 0.29) is 12.5 Å². The minimum atomic E-state index is -1.14. The second-order valence-corrected chi connectivity index (χ2v) is 5.22. The van der Waals surface area contributed by atoms with Crippen LogP contribution < -0.4 is 10.1 Å². The predicted molar refractivity (Wildman–Crippen MR) is 70.1 cm³/mol. The van der Waals surface area contributed by atoms with E-state index in [0.717, 1.165) is 0 Å². The van der Waals surface area contributed by atoms with Crippen LogP contribution in [-0.4, -0.2) is 24.4 Å². The van der Waals surface area contributed by atoms with Crippen LogP contribution in [0.2, 0.25) is 0 Å². The fourth-order valence-corrected chi connectivity index (χ4v) is 1.44. The van der Waals surface area contributed by atoms with Gasteiger partial charge in [0.2, 0.25) is 0 Å². The third kappa shape index (κ3) is 4.14. The summed E-state index contributed by atoms with van der Waals surface area (Å²) in [5.41, 5.74) is -0.636. The zero-order valence-corrected chi connectivity index (χ0v) is 11.8. The van der Waals surface area contributed by atoms with E-state index in [1.54, 1.807) is 14.0 Å². The van der Waals surface area contributed by atoms with Gasteiger partial charge >= 0.3 is 0 Å². The summed E-state index contributed by atoms with van der Waals surface area (Å²) >= 11 is 0. The minimum absolute atomic E-state index is 0.0813. The number of hydrogen-bond acceptors (Lipinski definition) is 3. The molecule has 1 aromatic carbocycles. The summed E-state index contributed by atoms with van der Waals surface area (Å²) in [4.78, 5) is 0. The molecule has 0 radical (unpaired) electrons. The lowest BCUT2D eigenvalue weighted by molar-refractivity contribution is -0.0284.